The summed E-state index contributed by atoms with van der Waals surface area (Å²) in [7, 11) is 0. The van der Waals surface area contributed by atoms with Gasteiger partial charge in [-0.1, -0.05) is 12.1 Å². The minimum Gasteiger partial charge on any atom is -0.461 e. The number of halogens is 1. The van der Waals surface area contributed by atoms with E-state index in [2.05, 4.69) is 4.98 Å². The average molecular weight is 247 g/mol. The third kappa shape index (κ3) is 2.97. The molecule has 0 unspecified atom stereocenters. The summed E-state index contributed by atoms with van der Waals surface area (Å²) in [6, 6.07) is 8.06. The van der Waals surface area contributed by atoms with Crippen LogP contribution >= 0.6 is 0 Å². The van der Waals surface area contributed by atoms with Crippen LogP contribution in [0.5, 0.6) is 0 Å². The number of esters is 1. The summed E-state index contributed by atoms with van der Waals surface area (Å²) in [5.74, 6) is -0.608. The molecule has 0 aliphatic carbocycles. The van der Waals surface area contributed by atoms with Gasteiger partial charge in [0.15, 0.2) is 0 Å². The Kier molecular flexibility index (Phi) is 3.77. The zero-order chi connectivity index (χ0) is 13.0. The molecule has 2 rings (SSSR count). The predicted molar refractivity (Wildman–Crippen MR) is 66.0 cm³/mol. The van der Waals surface area contributed by atoms with Crippen molar-refractivity contribution < 1.29 is 13.9 Å². The van der Waals surface area contributed by atoms with Crippen molar-refractivity contribution in [3.8, 4) is 0 Å². The molecule has 0 atom stereocenters. The zero-order valence-electron chi connectivity index (χ0n) is 10.1. The van der Waals surface area contributed by atoms with Gasteiger partial charge in [-0.3, -0.25) is 0 Å². The van der Waals surface area contributed by atoms with Crippen LogP contribution in [-0.2, 0) is 11.2 Å². The molecule has 0 amide bonds. The van der Waals surface area contributed by atoms with Crippen LogP contribution in [0, 0.1) is 5.82 Å². The highest BCUT2D eigenvalue weighted by Crippen LogP contribution is 2.12. The Morgan fingerprint density at radius 1 is 1.28 bits per heavy atom. The van der Waals surface area contributed by atoms with E-state index in [9.17, 15) is 9.18 Å². The molecule has 0 saturated heterocycles. The fraction of sp³-hybridized carbons (Fsp3) is 0.214. The minimum absolute atomic E-state index is 0.250. The Morgan fingerprint density at radius 3 is 2.67 bits per heavy atom. The van der Waals surface area contributed by atoms with Gasteiger partial charge in [-0.05, 0) is 42.7 Å². The van der Waals surface area contributed by atoms with Crippen LogP contribution < -0.4 is 0 Å². The maximum absolute atomic E-state index is 12.8. The van der Waals surface area contributed by atoms with Crippen molar-refractivity contribution in [2.45, 2.75) is 13.3 Å². The van der Waals surface area contributed by atoms with E-state index >= 15 is 0 Å². The molecule has 2 aromatic rings. The molecule has 0 fully saturated rings. The number of benzene rings is 1. The molecule has 0 radical (unpaired) electrons. The van der Waals surface area contributed by atoms with Crippen molar-refractivity contribution in [2.24, 2.45) is 0 Å². The molecule has 3 nitrogen and oxygen atoms in total. The topological polar surface area (TPSA) is 42.1 Å². The molecule has 1 aromatic heterocycles. The van der Waals surface area contributed by atoms with Crippen LogP contribution in [0.1, 0.15) is 28.5 Å². The number of carbonyl (C=O) groups is 1. The third-order valence-corrected chi connectivity index (χ3v) is 2.56. The number of nitrogens with one attached hydrogen (secondary N) is 1. The first-order valence-corrected chi connectivity index (χ1v) is 5.78. The zero-order valence-corrected chi connectivity index (χ0v) is 10.1. The molecule has 0 saturated carbocycles. The Hall–Kier alpha value is -2.10. The molecule has 0 aliphatic heterocycles. The van der Waals surface area contributed by atoms with E-state index in [1.54, 1.807) is 31.3 Å². The van der Waals surface area contributed by atoms with Gasteiger partial charge < -0.3 is 9.72 Å². The van der Waals surface area contributed by atoms with Crippen molar-refractivity contribution in [3.63, 3.8) is 0 Å². The third-order valence-electron chi connectivity index (χ3n) is 2.56. The monoisotopic (exact) mass is 247 g/mol. The van der Waals surface area contributed by atoms with E-state index in [1.807, 2.05) is 0 Å². The molecule has 94 valence electrons. The highest BCUT2D eigenvalue weighted by atomic mass is 19.1. The van der Waals surface area contributed by atoms with Crippen molar-refractivity contribution in [3.05, 3.63) is 59.2 Å². The van der Waals surface area contributed by atoms with Gasteiger partial charge in [-0.15, -0.1) is 0 Å². The molecular weight excluding hydrogens is 233 g/mol. The van der Waals surface area contributed by atoms with Crippen molar-refractivity contribution in [2.75, 3.05) is 6.61 Å². The summed E-state index contributed by atoms with van der Waals surface area (Å²) >= 11 is 0. The van der Waals surface area contributed by atoms with Crippen LogP contribution in [-0.4, -0.2) is 17.6 Å². The number of carbonyl (C=O) groups excluding carboxylic acids is 1. The van der Waals surface area contributed by atoms with Crippen LogP contribution in [0.4, 0.5) is 4.39 Å². The molecule has 0 aliphatic rings. The van der Waals surface area contributed by atoms with Crippen molar-refractivity contribution >= 4 is 5.97 Å². The maximum Gasteiger partial charge on any atom is 0.354 e. The van der Waals surface area contributed by atoms with Gasteiger partial charge in [-0.25, -0.2) is 9.18 Å². The number of aromatic amines is 1. The predicted octanol–water partition coefficient (Wildman–Crippen LogP) is 2.92. The Bertz CT molecular complexity index is 531. The van der Waals surface area contributed by atoms with Crippen LogP contribution in [0.15, 0.2) is 36.5 Å². The normalized spacial score (nSPS) is 10.3. The summed E-state index contributed by atoms with van der Waals surface area (Å²) in [6.45, 7) is 2.12. The SMILES string of the molecule is CCOC(=O)c1cc(Cc2ccc(F)cc2)c[nH]1. The molecule has 1 aromatic carbocycles. The second-order valence-corrected chi connectivity index (χ2v) is 3.95. The van der Waals surface area contributed by atoms with Gasteiger partial charge in [0, 0.05) is 6.20 Å². The minimum atomic E-state index is -0.358. The van der Waals surface area contributed by atoms with Crippen LogP contribution in [0.25, 0.3) is 0 Å². The van der Waals surface area contributed by atoms with E-state index in [1.165, 1.54) is 12.1 Å². The lowest BCUT2D eigenvalue weighted by Gasteiger charge is -1.98. The quantitative estimate of drug-likeness (QED) is 0.844. The average Bonchev–Trinajstić information content (AvgIpc) is 2.81. The summed E-state index contributed by atoms with van der Waals surface area (Å²) in [4.78, 5) is 14.3. The van der Waals surface area contributed by atoms with Crippen LogP contribution in [0.3, 0.4) is 0 Å². The molecule has 18 heavy (non-hydrogen) atoms. The molecule has 1 N–H and O–H groups in total. The second kappa shape index (κ2) is 5.49. The number of rotatable bonds is 4. The maximum atomic E-state index is 12.8. The number of hydrogen-bond acceptors (Lipinski definition) is 2. The van der Waals surface area contributed by atoms with E-state index in [4.69, 9.17) is 4.74 Å². The fourth-order valence-corrected chi connectivity index (χ4v) is 1.71. The first kappa shape index (κ1) is 12.4. The highest BCUT2D eigenvalue weighted by Gasteiger charge is 2.09. The number of hydrogen-bond donors (Lipinski definition) is 1. The van der Waals surface area contributed by atoms with E-state index in [-0.39, 0.29) is 11.8 Å². The van der Waals surface area contributed by atoms with Crippen molar-refractivity contribution in [1.29, 1.82) is 0 Å². The van der Waals surface area contributed by atoms with Gasteiger partial charge in [0.1, 0.15) is 11.5 Å². The van der Waals surface area contributed by atoms with E-state index in [0.29, 0.717) is 18.7 Å². The molecular formula is C14H14FNO2. The van der Waals surface area contributed by atoms with Gasteiger partial charge in [-0.2, -0.15) is 0 Å². The summed E-state index contributed by atoms with van der Waals surface area (Å²) in [5, 5.41) is 0. The van der Waals surface area contributed by atoms with Gasteiger partial charge in [0.25, 0.3) is 0 Å². The highest BCUT2D eigenvalue weighted by molar-refractivity contribution is 5.87. The molecule has 0 bridgehead atoms. The molecule has 1 heterocycles. The summed E-state index contributed by atoms with van der Waals surface area (Å²) < 4.78 is 17.6. The summed E-state index contributed by atoms with van der Waals surface area (Å²) in [5.41, 5.74) is 2.39. The van der Waals surface area contributed by atoms with E-state index in [0.717, 1.165) is 11.1 Å². The fourth-order valence-electron chi connectivity index (χ4n) is 1.71. The standard InChI is InChI=1S/C14H14FNO2/c1-2-18-14(17)13-8-11(9-16-13)7-10-3-5-12(15)6-4-10/h3-6,8-9,16H,2,7H2,1H3. The first-order valence-electron chi connectivity index (χ1n) is 5.78. The van der Waals surface area contributed by atoms with E-state index < -0.39 is 0 Å². The number of H-pyrrole nitrogens is 1. The van der Waals surface area contributed by atoms with Gasteiger partial charge in [0.05, 0.1) is 6.61 Å². The lowest BCUT2D eigenvalue weighted by Crippen LogP contribution is -2.04. The van der Waals surface area contributed by atoms with Gasteiger partial charge in [0.2, 0.25) is 0 Å². The number of ether oxygens (including phenoxy) is 1. The number of aromatic nitrogens is 1. The van der Waals surface area contributed by atoms with Gasteiger partial charge >= 0.3 is 5.97 Å². The molecule has 4 heteroatoms. The summed E-state index contributed by atoms with van der Waals surface area (Å²) in [6.07, 6.45) is 2.41. The van der Waals surface area contributed by atoms with Crippen molar-refractivity contribution in [1.82, 2.24) is 4.98 Å². The smallest absolute Gasteiger partial charge is 0.354 e. The lowest BCUT2D eigenvalue weighted by atomic mass is 10.1. The molecule has 0 spiro atoms. The first-order chi connectivity index (χ1) is 8.69. The Morgan fingerprint density at radius 2 is 2.00 bits per heavy atom. The Balaban J connectivity index is 2.06. The van der Waals surface area contributed by atoms with Crippen LogP contribution in [0.2, 0.25) is 0 Å². The Labute approximate surface area is 105 Å². The largest absolute Gasteiger partial charge is 0.461 e. The lowest BCUT2D eigenvalue weighted by molar-refractivity contribution is 0.0520. The second-order valence-electron chi connectivity index (χ2n) is 3.95.